The third-order valence-corrected chi connectivity index (χ3v) is 7.59. The molecule has 4 aliphatic rings. The molecule has 4 heterocycles. The van der Waals surface area contributed by atoms with E-state index in [1.54, 1.807) is 0 Å². The number of nitrogens with zero attached hydrogens (tertiary/aromatic N) is 2. The van der Waals surface area contributed by atoms with Crippen molar-refractivity contribution in [3.63, 3.8) is 0 Å². The molecule has 4 aliphatic heterocycles. The maximum absolute atomic E-state index is 4.01. The Balaban J connectivity index is 0.993. The minimum Gasteiger partial charge on any atom is -0.387 e. The number of hydrogen-bond donors (Lipinski definition) is 2. The zero-order valence-corrected chi connectivity index (χ0v) is 20.6. The third kappa shape index (κ3) is 5.96. The molecule has 0 atom stereocenters. The SMILES string of the molecule is C=CN1C2=CCC(NCCCCCCCCCCNC3=C4CCC(=CC3)N4C=C)=C1CCC2. The molecule has 0 radical (unpaired) electrons. The molecule has 33 heavy (non-hydrogen) atoms. The maximum Gasteiger partial charge on any atom is 0.0419 e. The number of hydrogen-bond acceptors (Lipinski definition) is 4. The van der Waals surface area contributed by atoms with Crippen molar-refractivity contribution in [3.8, 4) is 0 Å². The largest absolute Gasteiger partial charge is 0.387 e. The van der Waals surface area contributed by atoms with E-state index in [4.69, 9.17) is 0 Å². The fraction of sp³-hybridized carbons (Fsp3) is 0.586. The molecule has 0 spiro atoms. The topological polar surface area (TPSA) is 30.5 Å². The van der Waals surface area contributed by atoms with Gasteiger partial charge in [0.15, 0.2) is 0 Å². The second kappa shape index (κ2) is 12.2. The number of unbranched alkanes of at least 4 members (excludes halogenated alkanes) is 7. The summed E-state index contributed by atoms with van der Waals surface area (Å²) in [6.07, 6.45) is 27.6. The summed E-state index contributed by atoms with van der Waals surface area (Å²) in [5, 5.41) is 7.44. The first-order chi connectivity index (χ1) is 16.3. The van der Waals surface area contributed by atoms with Crippen molar-refractivity contribution in [1.82, 2.24) is 20.4 Å². The Kier molecular flexibility index (Phi) is 8.79. The number of fused-ring (bicyclic) bond motifs is 4. The Hall–Kier alpha value is -2.36. The predicted octanol–water partition coefficient (Wildman–Crippen LogP) is 7.15. The van der Waals surface area contributed by atoms with Gasteiger partial charge in [0.2, 0.25) is 0 Å². The molecule has 180 valence electrons. The van der Waals surface area contributed by atoms with Crippen LogP contribution in [0.4, 0.5) is 0 Å². The molecule has 0 aromatic rings. The highest BCUT2D eigenvalue weighted by molar-refractivity contribution is 5.34. The highest BCUT2D eigenvalue weighted by atomic mass is 15.2. The van der Waals surface area contributed by atoms with E-state index in [9.17, 15) is 0 Å². The van der Waals surface area contributed by atoms with Gasteiger partial charge in [0.05, 0.1) is 0 Å². The molecule has 4 bridgehead atoms. The number of rotatable bonds is 15. The highest BCUT2D eigenvalue weighted by Gasteiger charge is 2.26. The Bertz CT molecular complexity index is 829. The summed E-state index contributed by atoms with van der Waals surface area (Å²) in [4.78, 5) is 4.60. The molecule has 2 fully saturated rings. The van der Waals surface area contributed by atoms with Gasteiger partial charge >= 0.3 is 0 Å². The van der Waals surface area contributed by atoms with Crippen LogP contribution in [0.3, 0.4) is 0 Å². The van der Waals surface area contributed by atoms with E-state index in [1.807, 2.05) is 12.4 Å². The average molecular weight is 449 g/mol. The molecule has 4 heteroatoms. The maximum atomic E-state index is 4.01. The molecular formula is C29H44N4. The number of allylic oxidation sites excluding steroid dienone is 6. The fourth-order valence-corrected chi connectivity index (χ4v) is 5.77. The van der Waals surface area contributed by atoms with Gasteiger partial charge in [-0.25, -0.2) is 0 Å². The molecule has 4 rings (SSSR count). The highest BCUT2D eigenvalue weighted by Crippen LogP contribution is 2.37. The van der Waals surface area contributed by atoms with Crippen LogP contribution in [-0.2, 0) is 0 Å². The summed E-state index contributed by atoms with van der Waals surface area (Å²) in [5.41, 5.74) is 8.65. The molecule has 0 saturated carbocycles. The van der Waals surface area contributed by atoms with Crippen molar-refractivity contribution in [1.29, 1.82) is 0 Å². The van der Waals surface area contributed by atoms with Crippen LogP contribution in [0, 0.1) is 0 Å². The van der Waals surface area contributed by atoms with Crippen molar-refractivity contribution >= 4 is 0 Å². The lowest BCUT2D eigenvalue weighted by Gasteiger charge is -2.36. The summed E-state index contributed by atoms with van der Waals surface area (Å²) >= 11 is 0. The van der Waals surface area contributed by atoms with E-state index < -0.39 is 0 Å². The van der Waals surface area contributed by atoms with E-state index in [0.29, 0.717) is 0 Å². The van der Waals surface area contributed by atoms with Crippen LogP contribution in [-0.4, -0.2) is 22.9 Å². The second-order valence-electron chi connectivity index (χ2n) is 9.79. The summed E-state index contributed by atoms with van der Waals surface area (Å²) in [5.74, 6) is 0. The van der Waals surface area contributed by atoms with Gasteiger partial charge in [-0.15, -0.1) is 0 Å². The molecule has 2 N–H and O–H groups in total. The Morgan fingerprint density at radius 3 is 1.67 bits per heavy atom. The molecule has 0 amide bonds. The van der Waals surface area contributed by atoms with Gasteiger partial charge in [-0.2, -0.15) is 0 Å². The van der Waals surface area contributed by atoms with E-state index >= 15 is 0 Å². The first kappa shape index (κ1) is 23.8. The van der Waals surface area contributed by atoms with Gasteiger partial charge in [0.1, 0.15) is 0 Å². The van der Waals surface area contributed by atoms with Crippen molar-refractivity contribution < 1.29 is 0 Å². The molecule has 0 aromatic heterocycles. The van der Waals surface area contributed by atoms with Gasteiger partial charge < -0.3 is 20.4 Å². The van der Waals surface area contributed by atoms with Crippen molar-refractivity contribution in [2.75, 3.05) is 13.1 Å². The van der Waals surface area contributed by atoms with Crippen LogP contribution in [0.5, 0.6) is 0 Å². The predicted molar refractivity (Wildman–Crippen MR) is 140 cm³/mol. The van der Waals surface area contributed by atoms with E-state index in [1.165, 1.54) is 118 Å². The first-order valence-corrected chi connectivity index (χ1v) is 13.4. The molecule has 0 unspecified atom stereocenters. The summed E-state index contributed by atoms with van der Waals surface area (Å²) in [6.45, 7) is 10.2. The van der Waals surface area contributed by atoms with E-state index in [-0.39, 0.29) is 0 Å². The summed E-state index contributed by atoms with van der Waals surface area (Å²) < 4.78 is 0. The smallest absolute Gasteiger partial charge is 0.0419 e. The molecule has 0 aromatic carbocycles. The van der Waals surface area contributed by atoms with Crippen LogP contribution in [0.1, 0.15) is 96.3 Å². The van der Waals surface area contributed by atoms with E-state index in [0.717, 1.165) is 25.9 Å². The molecule has 2 saturated heterocycles. The van der Waals surface area contributed by atoms with E-state index in [2.05, 4.69) is 45.7 Å². The minimum atomic E-state index is 1.08. The average Bonchev–Trinajstić information content (AvgIpc) is 3.14. The standard InChI is InChI=1S/C29H44N4/c1-3-32-24-14-13-15-28(32)26(19-16-24)30-22-11-9-7-5-6-8-10-12-23-31-27-20-17-25-18-21-29(27)33(25)4-2/h3-4,16-17,30-31H,1-2,5-15,18-23H2. The number of piperidine rings is 1. The molecular weight excluding hydrogens is 404 g/mol. The molecule has 0 aliphatic carbocycles. The molecule has 4 nitrogen and oxygen atoms in total. The normalized spacial score (nSPS) is 19.5. The third-order valence-electron chi connectivity index (χ3n) is 7.59. The van der Waals surface area contributed by atoms with Crippen LogP contribution in [0.15, 0.2) is 71.9 Å². The number of nitrogens with one attached hydrogen (secondary N) is 2. The van der Waals surface area contributed by atoms with Gasteiger partial charge in [-0.3, -0.25) is 0 Å². The lowest BCUT2D eigenvalue weighted by Crippen LogP contribution is -2.30. The first-order valence-electron chi connectivity index (χ1n) is 13.4. The van der Waals surface area contributed by atoms with Gasteiger partial charge in [0.25, 0.3) is 0 Å². The van der Waals surface area contributed by atoms with Crippen LogP contribution < -0.4 is 10.6 Å². The van der Waals surface area contributed by atoms with Crippen molar-refractivity contribution in [2.24, 2.45) is 0 Å². The zero-order valence-electron chi connectivity index (χ0n) is 20.6. The Labute approximate surface area is 201 Å². The van der Waals surface area contributed by atoms with Crippen LogP contribution in [0.25, 0.3) is 0 Å². The quantitative estimate of drug-likeness (QED) is 0.260. The zero-order chi connectivity index (χ0) is 22.9. The lowest BCUT2D eigenvalue weighted by molar-refractivity contribution is 0.429. The Morgan fingerprint density at radius 1 is 0.636 bits per heavy atom. The minimum absolute atomic E-state index is 1.08. The fourth-order valence-electron chi connectivity index (χ4n) is 5.77. The van der Waals surface area contributed by atoms with Gasteiger partial charge in [-0.1, -0.05) is 63.8 Å². The van der Waals surface area contributed by atoms with Gasteiger partial charge in [-0.05, 0) is 44.9 Å². The van der Waals surface area contributed by atoms with Crippen molar-refractivity contribution in [3.05, 3.63) is 71.9 Å². The lowest BCUT2D eigenvalue weighted by atomic mass is 9.96. The summed E-state index contributed by atoms with van der Waals surface area (Å²) in [6, 6.07) is 0. The van der Waals surface area contributed by atoms with Crippen molar-refractivity contribution in [2.45, 2.75) is 96.3 Å². The Morgan fingerprint density at radius 2 is 1.12 bits per heavy atom. The summed E-state index contributed by atoms with van der Waals surface area (Å²) in [7, 11) is 0. The monoisotopic (exact) mass is 448 g/mol. The van der Waals surface area contributed by atoms with Crippen LogP contribution in [0.2, 0.25) is 0 Å². The van der Waals surface area contributed by atoms with Crippen LogP contribution >= 0.6 is 0 Å². The second-order valence-corrected chi connectivity index (χ2v) is 9.79. The van der Waals surface area contributed by atoms with Gasteiger partial charge in [0, 0.05) is 72.5 Å².